The number of aromatic nitrogens is 1. The van der Waals surface area contributed by atoms with E-state index in [0.29, 0.717) is 5.69 Å². The normalized spacial score (nSPS) is 12.0. The molecule has 0 saturated carbocycles. The molecule has 1 amide bonds. The van der Waals surface area contributed by atoms with Crippen LogP contribution in [0.3, 0.4) is 0 Å². The molecule has 0 spiro atoms. The molecular weight excluding hydrogens is 328 g/mol. The van der Waals surface area contributed by atoms with Gasteiger partial charge in [0.15, 0.2) is 6.10 Å². The fourth-order valence-electron chi connectivity index (χ4n) is 3.06. The molecule has 1 aromatic heterocycles. The number of H-pyrrole nitrogens is 1. The minimum atomic E-state index is -0.908. The first-order chi connectivity index (χ1) is 12.3. The number of hydrogen-bond acceptors (Lipinski definition) is 3. The highest BCUT2D eigenvalue weighted by atomic mass is 16.5. The highest BCUT2D eigenvalue weighted by Gasteiger charge is 2.21. The van der Waals surface area contributed by atoms with Crippen LogP contribution in [0.1, 0.15) is 34.1 Å². The molecule has 3 aromatic rings. The summed E-state index contributed by atoms with van der Waals surface area (Å²) in [5.41, 5.74) is 5.02. The Morgan fingerprint density at radius 1 is 1.04 bits per heavy atom. The Labute approximate surface area is 152 Å². The van der Waals surface area contributed by atoms with E-state index in [9.17, 15) is 9.59 Å². The molecule has 0 fully saturated rings. The van der Waals surface area contributed by atoms with Crippen molar-refractivity contribution in [3.8, 4) is 0 Å². The molecule has 0 saturated heterocycles. The zero-order valence-corrected chi connectivity index (χ0v) is 15.3. The van der Waals surface area contributed by atoms with Gasteiger partial charge in [-0.2, -0.15) is 0 Å². The number of carbonyl (C=O) groups is 2. The van der Waals surface area contributed by atoms with Crippen molar-refractivity contribution in [2.24, 2.45) is 0 Å². The van der Waals surface area contributed by atoms with Crippen molar-refractivity contribution in [3.05, 3.63) is 64.8 Å². The zero-order valence-electron chi connectivity index (χ0n) is 15.3. The van der Waals surface area contributed by atoms with Gasteiger partial charge < -0.3 is 15.0 Å². The number of carbonyl (C=O) groups excluding carboxylic acids is 2. The van der Waals surface area contributed by atoms with Crippen LogP contribution in [0.2, 0.25) is 0 Å². The maximum Gasteiger partial charge on any atom is 0.355 e. The first-order valence-corrected chi connectivity index (χ1v) is 8.52. The maximum atomic E-state index is 12.4. The van der Waals surface area contributed by atoms with Gasteiger partial charge in [0.2, 0.25) is 0 Å². The number of aryl methyl sites for hydroxylation is 3. The molecule has 5 nitrogen and oxygen atoms in total. The molecule has 1 heterocycles. The third-order valence-corrected chi connectivity index (χ3v) is 4.33. The Kier molecular flexibility index (Phi) is 4.80. The van der Waals surface area contributed by atoms with Crippen molar-refractivity contribution in [1.82, 2.24) is 4.98 Å². The largest absolute Gasteiger partial charge is 0.448 e. The number of esters is 1. The van der Waals surface area contributed by atoms with Crippen molar-refractivity contribution in [2.45, 2.75) is 33.8 Å². The fourth-order valence-corrected chi connectivity index (χ4v) is 3.06. The van der Waals surface area contributed by atoms with E-state index in [1.807, 2.05) is 57.2 Å². The van der Waals surface area contributed by atoms with E-state index in [1.165, 1.54) is 0 Å². The lowest BCUT2D eigenvalue weighted by Crippen LogP contribution is -2.30. The van der Waals surface area contributed by atoms with Crippen molar-refractivity contribution < 1.29 is 14.3 Å². The van der Waals surface area contributed by atoms with Crippen LogP contribution in [0.5, 0.6) is 0 Å². The molecule has 0 radical (unpaired) electrons. The van der Waals surface area contributed by atoms with Gasteiger partial charge in [0.1, 0.15) is 5.69 Å². The molecule has 1 atom stereocenters. The lowest BCUT2D eigenvalue weighted by molar-refractivity contribution is -0.123. The number of aromatic amines is 1. The molecule has 3 rings (SSSR count). The number of ether oxygens (including phenoxy) is 1. The molecule has 5 heteroatoms. The lowest BCUT2D eigenvalue weighted by Gasteiger charge is -2.16. The minimum absolute atomic E-state index is 0.327. The van der Waals surface area contributed by atoms with Gasteiger partial charge in [-0.3, -0.25) is 4.79 Å². The van der Waals surface area contributed by atoms with Crippen LogP contribution in [-0.2, 0) is 9.53 Å². The van der Waals surface area contributed by atoms with Gasteiger partial charge in [-0.05, 0) is 51.0 Å². The second-order valence-electron chi connectivity index (χ2n) is 6.58. The van der Waals surface area contributed by atoms with Gasteiger partial charge in [0.05, 0.1) is 0 Å². The lowest BCUT2D eigenvalue weighted by atomic mass is 10.0. The van der Waals surface area contributed by atoms with Gasteiger partial charge in [-0.15, -0.1) is 0 Å². The average Bonchev–Trinajstić information content (AvgIpc) is 3.02. The van der Waals surface area contributed by atoms with E-state index in [1.54, 1.807) is 13.0 Å². The second kappa shape index (κ2) is 7.04. The van der Waals surface area contributed by atoms with Crippen LogP contribution in [-0.4, -0.2) is 23.0 Å². The van der Waals surface area contributed by atoms with Crippen molar-refractivity contribution in [2.75, 3.05) is 5.32 Å². The topological polar surface area (TPSA) is 71.2 Å². The summed E-state index contributed by atoms with van der Waals surface area (Å²) < 4.78 is 5.32. The first-order valence-electron chi connectivity index (χ1n) is 8.52. The summed E-state index contributed by atoms with van der Waals surface area (Å²) in [5, 5.41) is 3.78. The van der Waals surface area contributed by atoms with Gasteiger partial charge in [0.25, 0.3) is 5.91 Å². The number of fused-ring (bicyclic) bond motifs is 1. The van der Waals surface area contributed by atoms with Gasteiger partial charge >= 0.3 is 5.97 Å². The average molecular weight is 350 g/mol. The zero-order chi connectivity index (χ0) is 18.8. The van der Waals surface area contributed by atoms with Gasteiger partial charge in [-0.25, -0.2) is 4.79 Å². The summed E-state index contributed by atoms with van der Waals surface area (Å²) in [6.45, 7) is 7.46. The molecule has 0 bridgehead atoms. The van der Waals surface area contributed by atoms with Gasteiger partial charge in [0, 0.05) is 16.6 Å². The van der Waals surface area contributed by atoms with Crippen LogP contribution in [0.4, 0.5) is 5.69 Å². The SMILES string of the molecule is Cc1cc(C)c(NC(=O)[C@@H](C)OC(=O)c2cc3ccccc3[nH]2)c(C)c1. The summed E-state index contributed by atoms with van der Waals surface area (Å²) in [6.07, 6.45) is -0.908. The Hall–Kier alpha value is -3.08. The van der Waals surface area contributed by atoms with E-state index in [2.05, 4.69) is 10.3 Å². The predicted octanol–water partition coefficient (Wildman–Crippen LogP) is 4.28. The number of rotatable bonds is 4. The molecule has 2 aromatic carbocycles. The van der Waals surface area contributed by atoms with E-state index < -0.39 is 12.1 Å². The molecule has 2 N–H and O–H groups in total. The quantitative estimate of drug-likeness (QED) is 0.690. The van der Waals surface area contributed by atoms with Crippen LogP contribution >= 0.6 is 0 Å². The fraction of sp³-hybridized carbons (Fsp3) is 0.238. The summed E-state index contributed by atoms with van der Waals surface area (Å²) in [5.74, 6) is -0.911. The second-order valence-corrected chi connectivity index (χ2v) is 6.58. The van der Waals surface area contributed by atoms with E-state index in [0.717, 1.165) is 33.3 Å². The highest BCUT2D eigenvalue weighted by Crippen LogP contribution is 2.22. The van der Waals surface area contributed by atoms with Crippen LogP contribution in [0, 0.1) is 20.8 Å². The number of benzene rings is 2. The smallest absolute Gasteiger partial charge is 0.355 e. The summed E-state index contributed by atoms with van der Waals surface area (Å²) in [4.78, 5) is 27.8. The maximum absolute atomic E-state index is 12.4. The molecule has 134 valence electrons. The van der Waals surface area contributed by atoms with Crippen molar-refractivity contribution in [1.29, 1.82) is 0 Å². The number of amides is 1. The first kappa shape index (κ1) is 17.7. The van der Waals surface area contributed by atoms with Crippen molar-refractivity contribution >= 4 is 28.5 Å². The summed E-state index contributed by atoms with van der Waals surface area (Å²) in [7, 11) is 0. The number of nitrogens with one attached hydrogen (secondary N) is 2. The standard InChI is InChI=1S/C21H22N2O3/c1-12-9-13(2)19(14(3)10-12)23-20(24)15(4)26-21(25)18-11-16-7-5-6-8-17(16)22-18/h5-11,15,22H,1-4H3,(H,23,24)/t15-/m1/s1. The monoisotopic (exact) mass is 350 g/mol. The molecule has 0 aliphatic heterocycles. The number of hydrogen-bond donors (Lipinski definition) is 2. The molecular formula is C21H22N2O3. The van der Waals surface area contributed by atoms with E-state index in [4.69, 9.17) is 4.74 Å². The predicted molar refractivity (Wildman–Crippen MR) is 102 cm³/mol. The number of anilines is 1. The van der Waals surface area contributed by atoms with Crippen molar-refractivity contribution in [3.63, 3.8) is 0 Å². The number of para-hydroxylation sites is 1. The Morgan fingerprint density at radius 2 is 1.69 bits per heavy atom. The van der Waals surface area contributed by atoms with Crippen LogP contribution in [0.25, 0.3) is 10.9 Å². The molecule has 26 heavy (non-hydrogen) atoms. The third kappa shape index (κ3) is 3.61. The van der Waals surface area contributed by atoms with E-state index >= 15 is 0 Å². The summed E-state index contributed by atoms with van der Waals surface area (Å²) in [6, 6.07) is 13.3. The molecule has 0 aliphatic carbocycles. The third-order valence-electron chi connectivity index (χ3n) is 4.33. The molecule has 0 aliphatic rings. The van der Waals surface area contributed by atoms with E-state index in [-0.39, 0.29) is 5.91 Å². The van der Waals surface area contributed by atoms with Crippen LogP contribution in [0.15, 0.2) is 42.5 Å². The minimum Gasteiger partial charge on any atom is -0.448 e. The van der Waals surface area contributed by atoms with Crippen LogP contribution < -0.4 is 5.32 Å². The summed E-state index contributed by atoms with van der Waals surface area (Å²) >= 11 is 0. The Bertz CT molecular complexity index is 932. The molecule has 0 unspecified atom stereocenters. The Balaban J connectivity index is 1.70. The van der Waals surface area contributed by atoms with Gasteiger partial charge in [-0.1, -0.05) is 35.9 Å². The highest BCUT2D eigenvalue weighted by molar-refractivity contribution is 5.99. The Morgan fingerprint density at radius 3 is 2.35 bits per heavy atom.